The minimum Gasteiger partial charge on any atom is -0.496 e. The summed E-state index contributed by atoms with van der Waals surface area (Å²) in [5.74, 6) is 0.781. The maximum atomic E-state index is 11.8. The highest BCUT2D eigenvalue weighted by Gasteiger charge is 2.16. The van der Waals surface area contributed by atoms with Crippen LogP contribution in [0.15, 0.2) is 24.3 Å². The summed E-state index contributed by atoms with van der Waals surface area (Å²) in [6, 6.07) is 7.74. The van der Waals surface area contributed by atoms with Gasteiger partial charge in [-0.05, 0) is 38.8 Å². The average molecular weight is 336 g/mol. The predicted molar refractivity (Wildman–Crippen MR) is 93.2 cm³/mol. The van der Waals surface area contributed by atoms with Crippen LogP contribution in [0.4, 0.5) is 4.79 Å². The smallest absolute Gasteiger partial charge is 0.407 e. The van der Waals surface area contributed by atoms with Crippen LogP contribution in [-0.4, -0.2) is 49.2 Å². The monoisotopic (exact) mass is 336 g/mol. The molecule has 0 aliphatic carbocycles. The molecule has 0 unspecified atom stereocenters. The van der Waals surface area contributed by atoms with Gasteiger partial charge < -0.3 is 19.7 Å². The fourth-order valence-electron chi connectivity index (χ4n) is 2.20. The van der Waals surface area contributed by atoms with Crippen LogP contribution in [0.3, 0.4) is 0 Å². The number of nitrogens with zero attached hydrogens (tertiary/aromatic N) is 1. The highest BCUT2D eigenvalue weighted by molar-refractivity contribution is 5.73. The van der Waals surface area contributed by atoms with Crippen molar-refractivity contribution in [3.63, 3.8) is 0 Å². The first-order valence-electron chi connectivity index (χ1n) is 8.07. The van der Waals surface area contributed by atoms with Crippen molar-refractivity contribution in [1.29, 1.82) is 0 Å². The van der Waals surface area contributed by atoms with Crippen molar-refractivity contribution in [2.75, 3.05) is 26.7 Å². The molecule has 2 amide bonds. The van der Waals surface area contributed by atoms with Crippen molar-refractivity contribution in [2.24, 2.45) is 0 Å². The molecule has 0 fully saturated rings. The average Bonchev–Trinajstić information content (AvgIpc) is 2.48. The molecule has 0 radical (unpaired) electrons. The Morgan fingerprint density at radius 1 is 1.17 bits per heavy atom. The molecule has 0 bridgehead atoms. The van der Waals surface area contributed by atoms with Crippen molar-refractivity contribution >= 4 is 12.0 Å². The normalized spacial score (nSPS) is 10.9. The largest absolute Gasteiger partial charge is 0.496 e. The molecule has 1 rings (SSSR count). The van der Waals surface area contributed by atoms with Crippen LogP contribution in [0.5, 0.6) is 5.75 Å². The zero-order valence-electron chi connectivity index (χ0n) is 15.2. The SMILES string of the molecule is COc1ccccc1CCN(CCNC(=O)OC(C)(C)C)C(C)=O. The maximum absolute atomic E-state index is 11.8. The van der Waals surface area contributed by atoms with Gasteiger partial charge in [-0.25, -0.2) is 4.79 Å². The molecule has 24 heavy (non-hydrogen) atoms. The number of carbonyl (C=O) groups is 2. The van der Waals surface area contributed by atoms with Crippen LogP contribution in [0, 0.1) is 0 Å². The summed E-state index contributed by atoms with van der Waals surface area (Å²) in [6.07, 6.45) is 0.214. The van der Waals surface area contributed by atoms with Crippen LogP contribution in [-0.2, 0) is 16.0 Å². The lowest BCUT2D eigenvalue weighted by molar-refractivity contribution is -0.128. The summed E-state index contributed by atoms with van der Waals surface area (Å²) in [5.41, 5.74) is 0.514. The van der Waals surface area contributed by atoms with E-state index in [1.807, 2.05) is 45.0 Å². The Hall–Kier alpha value is -2.24. The van der Waals surface area contributed by atoms with E-state index in [-0.39, 0.29) is 5.91 Å². The number of hydrogen-bond donors (Lipinski definition) is 1. The Labute approximate surface area is 144 Å². The molecular formula is C18H28N2O4. The first-order valence-corrected chi connectivity index (χ1v) is 8.07. The lowest BCUT2D eigenvalue weighted by atomic mass is 10.1. The molecule has 0 spiro atoms. The molecule has 1 aromatic rings. The van der Waals surface area contributed by atoms with Gasteiger partial charge in [0, 0.05) is 26.6 Å². The Morgan fingerprint density at radius 3 is 2.42 bits per heavy atom. The van der Waals surface area contributed by atoms with Gasteiger partial charge in [0.15, 0.2) is 0 Å². The van der Waals surface area contributed by atoms with E-state index >= 15 is 0 Å². The fourth-order valence-corrected chi connectivity index (χ4v) is 2.20. The van der Waals surface area contributed by atoms with E-state index in [0.717, 1.165) is 11.3 Å². The van der Waals surface area contributed by atoms with Gasteiger partial charge in [0.25, 0.3) is 0 Å². The number of hydrogen-bond acceptors (Lipinski definition) is 4. The summed E-state index contributed by atoms with van der Waals surface area (Å²) < 4.78 is 10.5. The molecule has 0 saturated carbocycles. The molecule has 1 aromatic carbocycles. The molecular weight excluding hydrogens is 308 g/mol. The Balaban J connectivity index is 2.47. The second kappa shape index (κ2) is 9.15. The fraction of sp³-hybridized carbons (Fsp3) is 0.556. The summed E-state index contributed by atoms with van der Waals surface area (Å²) in [6.45, 7) is 8.29. The third-order valence-electron chi connectivity index (χ3n) is 3.34. The lowest BCUT2D eigenvalue weighted by Crippen LogP contribution is -2.40. The second-order valence-electron chi connectivity index (χ2n) is 6.50. The molecule has 6 nitrogen and oxygen atoms in total. The number of methoxy groups -OCH3 is 1. The van der Waals surface area contributed by atoms with Crippen LogP contribution in [0.2, 0.25) is 0 Å². The van der Waals surface area contributed by atoms with Crippen molar-refractivity contribution in [1.82, 2.24) is 10.2 Å². The van der Waals surface area contributed by atoms with E-state index in [0.29, 0.717) is 26.1 Å². The summed E-state index contributed by atoms with van der Waals surface area (Å²) in [5, 5.41) is 2.67. The number of carbonyl (C=O) groups excluding carboxylic acids is 2. The van der Waals surface area contributed by atoms with Crippen LogP contribution < -0.4 is 10.1 Å². The van der Waals surface area contributed by atoms with E-state index in [9.17, 15) is 9.59 Å². The van der Waals surface area contributed by atoms with Gasteiger partial charge in [0.2, 0.25) is 5.91 Å². The van der Waals surface area contributed by atoms with E-state index in [4.69, 9.17) is 9.47 Å². The summed E-state index contributed by atoms with van der Waals surface area (Å²) in [4.78, 5) is 25.1. The molecule has 0 aromatic heterocycles. The molecule has 0 saturated heterocycles. The number of rotatable bonds is 7. The number of nitrogens with one attached hydrogen (secondary N) is 1. The van der Waals surface area contributed by atoms with Gasteiger partial charge in [0.05, 0.1) is 7.11 Å². The maximum Gasteiger partial charge on any atom is 0.407 e. The lowest BCUT2D eigenvalue weighted by Gasteiger charge is -2.23. The quantitative estimate of drug-likeness (QED) is 0.831. The van der Waals surface area contributed by atoms with E-state index in [1.165, 1.54) is 6.92 Å². The minimum atomic E-state index is -0.534. The number of ether oxygens (including phenoxy) is 2. The van der Waals surface area contributed by atoms with Crippen LogP contribution in [0.1, 0.15) is 33.3 Å². The van der Waals surface area contributed by atoms with Crippen molar-refractivity contribution in [3.05, 3.63) is 29.8 Å². The first kappa shape index (κ1) is 19.8. The highest BCUT2D eigenvalue weighted by Crippen LogP contribution is 2.18. The molecule has 0 aliphatic rings. The molecule has 134 valence electrons. The number of benzene rings is 1. The van der Waals surface area contributed by atoms with E-state index in [1.54, 1.807) is 12.0 Å². The van der Waals surface area contributed by atoms with Gasteiger partial charge in [-0.2, -0.15) is 0 Å². The highest BCUT2D eigenvalue weighted by atomic mass is 16.6. The van der Waals surface area contributed by atoms with Gasteiger partial charge in [-0.1, -0.05) is 18.2 Å². The topological polar surface area (TPSA) is 67.9 Å². The predicted octanol–water partition coefficient (Wildman–Crippen LogP) is 2.61. The Bertz CT molecular complexity index is 552. The zero-order chi connectivity index (χ0) is 18.2. The molecule has 6 heteroatoms. The number of alkyl carbamates (subject to hydrolysis) is 1. The second-order valence-corrected chi connectivity index (χ2v) is 6.50. The molecule has 0 aliphatic heterocycles. The molecule has 0 atom stereocenters. The number of para-hydroxylation sites is 1. The van der Waals surface area contributed by atoms with Crippen molar-refractivity contribution in [2.45, 2.75) is 39.7 Å². The zero-order valence-corrected chi connectivity index (χ0v) is 15.2. The Morgan fingerprint density at radius 2 is 1.83 bits per heavy atom. The third kappa shape index (κ3) is 7.35. The van der Waals surface area contributed by atoms with Gasteiger partial charge in [-0.3, -0.25) is 4.79 Å². The first-order chi connectivity index (χ1) is 11.2. The minimum absolute atomic E-state index is 0.0316. The number of amides is 2. The van der Waals surface area contributed by atoms with Crippen molar-refractivity contribution in [3.8, 4) is 5.75 Å². The third-order valence-corrected chi connectivity index (χ3v) is 3.34. The molecule has 1 N–H and O–H groups in total. The van der Waals surface area contributed by atoms with Crippen molar-refractivity contribution < 1.29 is 19.1 Å². The summed E-state index contributed by atoms with van der Waals surface area (Å²) >= 11 is 0. The van der Waals surface area contributed by atoms with E-state index in [2.05, 4.69) is 5.32 Å². The van der Waals surface area contributed by atoms with Gasteiger partial charge >= 0.3 is 6.09 Å². The Kier molecular flexibility index (Phi) is 7.55. The summed E-state index contributed by atoms with van der Waals surface area (Å²) in [7, 11) is 1.63. The standard InChI is InChI=1S/C18H28N2O4/c1-14(21)20(13-11-19-17(22)24-18(2,3)4)12-10-15-8-6-7-9-16(15)23-5/h6-9H,10-13H2,1-5H3,(H,19,22). The molecule has 0 heterocycles. The van der Waals surface area contributed by atoms with Gasteiger partial charge in [-0.15, -0.1) is 0 Å². The van der Waals surface area contributed by atoms with Gasteiger partial charge in [0.1, 0.15) is 11.4 Å². The van der Waals surface area contributed by atoms with Crippen LogP contribution in [0.25, 0.3) is 0 Å². The van der Waals surface area contributed by atoms with Crippen LogP contribution >= 0.6 is 0 Å². The van der Waals surface area contributed by atoms with E-state index < -0.39 is 11.7 Å².